The lowest BCUT2D eigenvalue weighted by Gasteiger charge is -2.21. The smallest absolute Gasteiger partial charge is 0.125 e. The Bertz CT molecular complexity index is 740. The monoisotopic (exact) mass is 334 g/mol. The summed E-state index contributed by atoms with van der Waals surface area (Å²) in [6.45, 7) is 4.13. The van der Waals surface area contributed by atoms with Crippen LogP contribution in [0, 0.1) is 5.92 Å². The standard InChI is InChI=1S/C21H26N4/c1-15-4-6-16(7-5-15)12-23-20-9-8-17(13-24-20)11-18-14-25-21-19(18)3-2-10-22-21/h3-6,8-9,13-14,16,21-22,25H,2,7,10-12H2,1H3,(H,23,24). The molecule has 4 rings (SSSR count). The van der Waals surface area contributed by atoms with Crippen molar-refractivity contribution in [3.05, 3.63) is 71.1 Å². The van der Waals surface area contributed by atoms with Crippen LogP contribution in [-0.2, 0) is 6.42 Å². The first kappa shape index (κ1) is 16.2. The van der Waals surface area contributed by atoms with Gasteiger partial charge in [-0.3, -0.25) is 5.32 Å². The van der Waals surface area contributed by atoms with Crippen LogP contribution in [0.15, 0.2) is 65.6 Å². The summed E-state index contributed by atoms with van der Waals surface area (Å²) in [6.07, 6.45) is 16.7. The molecule has 2 unspecified atom stereocenters. The highest BCUT2D eigenvalue weighted by Gasteiger charge is 2.24. The lowest BCUT2D eigenvalue weighted by atomic mass is 9.97. The molecule has 0 amide bonds. The van der Waals surface area contributed by atoms with Crippen LogP contribution in [-0.4, -0.2) is 24.2 Å². The van der Waals surface area contributed by atoms with Crippen molar-refractivity contribution < 1.29 is 0 Å². The average molecular weight is 334 g/mol. The van der Waals surface area contributed by atoms with Crippen molar-refractivity contribution in [2.45, 2.75) is 32.4 Å². The second-order valence-electron chi connectivity index (χ2n) is 7.08. The molecule has 3 aliphatic rings. The first-order valence-corrected chi connectivity index (χ1v) is 9.20. The predicted molar refractivity (Wildman–Crippen MR) is 103 cm³/mol. The van der Waals surface area contributed by atoms with Crippen LogP contribution in [0.25, 0.3) is 0 Å². The van der Waals surface area contributed by atoms with Crippen LogP contribution in [0.1, 0.15) is 25.3 Å². The van der Waals surface area contributed by atoms with Gasteiger partial charge in [-0.2, -0.15) is 0 Å². The lowest BCUT2D eigenvalue weighted by Crippen LogP contribution is -2.40. The molecular formula is C21H26N4. The molecule has 0 bridgehead atoms. The van der Waals surface area contributed by atoms with Crippen LogP contribution < -0.4 is 16.0 Å². The molecule has 1 aliphatic carbocycles. The van der Waals surface area contributed by atoms with Gasteiger partial charge in [-0.1, -0.05) is 35.9 Å². The zero-order chi connectivity index (χ0) is 17.1. The van der Waals surface area contributed by atoms with Crippen molar-refractivity contribution in [2.75, 3.05) is 18.4 Å². The van der Waals surface area contributed by atoms with E-state index in [1.54, 1.807) is 0 Å². The van der Waals surface area contributed by atoms with E-state index in [9.17, 15) is 0 Å². The number of allylic oxidation sites excluding steroid dienone is 3. The van der Waals surface area contributed by atoms with E-state index in [1.165, 1.54) is 22.3 Å². The Labute approximate surface area is 149 Å². The van der Waals surface area contributed by atoms with Gasteiger partial charge in [-0.25, -0.2) is 4.98 Å². The molecule has 3 heterocycles. The molecular weight excluding hydrogens is 308 g/mol. The highest BCUT2D eigenvalue weighted by Crippen LogP contribution is 2.25. The maximum atomic E-state index is 4.59. The van der Waals surface area contributed by atoms with Crippen molar-refractivity contribution in [3.63, 3.8) is 0 Å². The molecule has 4 heteroatoms. The van der Waals surface area contributed by atoms with Crippen LogP contribution >= 0.6 is 0 Å². The van der Waals surface area contributed by atoms with E-state index in [1.807, 2.05) is 6.20 Å². The fourth-order valence-corrected chi connectivity index (χ4v) is 3.58. The van der Waals surface area contributed by atoms with Gasteiger partial charge in [0.2, 0.25) is 0 Å². The maximum absolute atomic E-state index is 4.59. The Balaban J connectivity index is 1.32. The Morgan fingerprint density at radius 1 is 1.28 bits per heavy atom. The van der Waals surface area contributed by atoms with E-state index in [4.69, 9.17) is 0 Å². The normalized spacial score (nSPS) is 24.8. The maximum Gasteiger partial charge on any atom is 0.125 e. The Kier molecular flexibility index (Phi) is 4.70. The van der Waals surface area contributed by atoms with Gasteiger partial charge in [0.1, 0.15) is 12.0 Å². The van der Waals surface area contributed by atoms with Gasteiger partial charge >= 0.3 is 0 Å². The fourth-order valence-electron chi connectivity index (χ4n) is 3.58. The third-order valence-corrected chi connectivity index (χ3v) is 5.10. The van der Waals surface area contributed by atoms with Crippen LogP contribution in [0.2, 0.25) is 0 Å². The van der Waals surface area contributed by atoms with Crippen molar-refractivity contribution in [3.8, 4) is 0 Å². The number of pyridine rings is 1. The molecule has 4 nitrogen and oxygen atoms in total. The summed E-state index contributed by atoms with van der Waals surface area (Å²) in [7, 11) is 0. The summed E-state index contributed by atoms with van der Waals surface area (Å²) in [6, 6.07) is 4.28. The van der Waals surface area contributed by atoms with E-state index >= 15 is 0 Å². The molecule has 0 aromatic carbocycles. The number of rotatable bonds is 5. The van der Waals surface area contributed by atoms with Crippen molar-refractivity contribution in [1.29, 1.82) is 0 Å². The third kappa shape index (κ3) is 3.85. The van der Waals surface area contributed by atoms with Gasteiger partial charge in [0, 0.05) is 31.9 Å². The molecule has 2 atom stereocenters. The zero-order valence-corrected chi connectivity index (χ0v) is 14.8. The summed E-state index contributed by atoms with van der Waals surface area (Å²) < 4.78 is 0. The minimum atomic E-state index is 0.305. The molecule has 0 saturated carbocycles. The van der Waals surface area contributed by atoms with E-state index < -0.39 is 0 Å². The molecule has 0 spiro atoms. The Hall–Kier alpha value is -2.33. The first-order valence-electron chi connectivity index (χ1n) is 9.20. The van der Waals surface area contributed by atoms with Crippen molar-refractivity contribution in [1.82, 2.24) is 15.6 Å². The van der Waals surface area contributed by atoms with Crippen molar-refractivity contribution in [2.24, 2.45) is 5.92 Å². The Morgan fingerprint density at radius 2 is 2.24 bits per heavy atom. The van der Waals surface area contributed by atoms with E-state index in [-0.39, 0.29) is 0 Å². The van der Waals surface area contributed by atoms with Crippen LogP contribution in [0.3, 0.4) is 0 Å². The summed E-state index contributed by atoms with van der Waals surface area (Å²) in [4.78, 5) is 4.59. The Morgan fingerprint density at radius 3 is 3.04 bits per heavy atom. The molecule has 3 N–H and O–H groups in total. The number of nitrogens with zero attached hydrogens (tertiary/aromatic N) is 1. The topological polar surface area (TPSA) is 49.0 Å². The van der Waals surface area contributed by atoms with E-state index in [0.29, 0.717) is 12.1 Å². The number of hydrogen-bond acceptors (Lipinski definition) is 4. The van der Waals surface area contributed by atoms with Crippen LogP contribution in [0.5, 0.6) is 0 Å². The molecule has 1 aromatic rings. The quantitative estimate of drug-likeness (QED) is 0.773. The molecule has 0 radical (unpaired) electrons. The minimum Gasteiger partial charge on any atom is -0.372 e. The largest absolute Gasteiger partial charge is 0.372 e. The number of hydrogen-bond donors (Lipinski definition) is 3. The zero-order valence-electron chi connectivity index (χ0n) is 14.8. The number of fused-ring (bicyclic) bond motifs is 1. The number of aromatic nitrogens is 1. The highest BCUT2D eigenvalue weighted by atomic mass is 15.1. The molecule has 130 valence electrons. The highest BCUT2D eigenvalue weighted by molar-refractivity contribution is 5.44. The lowest BCUT2D eigenvalue weighted by molar-refractivity contribution is 0.532. The summed E-state index contributed by atoms with van der Waals surface area (Å²) in [5.74, 6) is 1.51. The third-order valence-electron chi connectivity index (χ3n) is 5.10. The van der Waals surface area contributed by atoms with Gasteiger partial charge in [-0.15, -0.1) is 0 Å². The minimum absolute atomic E-state index is 0.305. The van der Waals surface area contributed by atoms with Gasteiger partial charge in [0.25, 0.3) is 0 Å². The van der Waals surface area contributed by atoms with E-state index in [0.717, 1.165) is 38.2 Å². The van der Waals surface area contributed by atoms with Crippen molar-refractivity contribution >= 4 is 5.82 Å². The summed E-state index contributed by atoms with van der Waals surface area (Å²) >= 11 is 0. The predicted octanol–water partition coefficient (Wildman–Crippen LogP) is 3.29. The van der Waals surface area contributed by atoms with E-state index in [2.05, 4.69) is 70.5 Å². The fraction of sp³-hybridized carbons (Fsp3) is 0.381. The number of nitrogens with one attached hydrogen (secondary N) is 3. The molecule has 25 heavy (non-hydrogen) atoms. The van der Waals surface area contributed by atoms with Gasteiger partial charge < -0.3 is 10.6 Å². The average Bonchev–Trinajstić information content (AvgIpc) is 3.06. The van der Waals surface area contributed by atoms with Gasteiger partial charge in [0.15, 0.2) is 0 Å². The summed E-state index contributed by atoms with van der Waals surface area (Å²) in [5.41, 5.74) is 5.39. The molecule has 2 aliphatic heterocycles. The van der Waals surface area contributed by atoms with Crippen LogP contribution in [0.4, 0.5) is 5.82 Å². The van der Waals surface area contributed by atoms with Gasteiger partial charge in [-0.05, 0) is 48.5 Å². The first-order chi connectivity index (χ1) is 12.3. The second-order valence-corrected chi connectivity index (χ2v) is 7.08. The second kappa shape index (κ2) is 7.28. The van der Waals surface area contributed by atoms with Gasteiger partial charge in [0.05, 0.1) is 0 Å². The molecule has 0 fully saturated rings. The molecule has 0 saturated heterocycles. The number of anilines is 1. The SMILES string of the molecule is CC1=CCC(CNc2ccc(CC3=CNC4NCCC=C34)cn2)C=C1. The summed E-state index contributed by atoms with van der Waals surface area (Å²) in [5, 5.41) is 10.4. The molecule has 1 aromatic heterocycles.